The largest absolute Gasteiger partial charge is 0.456 e. The molecule has 13 heteroatoms. The molecule has 0 spiro atoms. The van der Waals surface area contributed by atoms with E-state index in [9.17, 15) is 0 Å². The summed E-state index contributed by atoms with van der Waals surface area (Å²) in [5.74, 6) is 4.62. The number of aryl methyl sites for hydroxylation is 5. The van der Waals surface area contributed by atoms with Crippen LogP contribution < -0.4 is 0 Å². The molecule has 1 unspecified atom stereocenters. The monoisotopic (exact) mass is 1130 g/mol. The van der Waals surface area contributed by atoms with Crippen LogP contribution in [0.2, 0.25) is 0 Å². The van der Waals surface area contributed by atoms with E-state index in [4.69, 9.17) is 24.8 Å². The maximum Gasteiger partial charge on any atom is 0.143 e. The average Bonchev–Trinajstić information content (AvgIpc) is 1.83. The first kappa shape index (κ1) is 50.0. The lowest BCUT2D eigenvalue weighted by Gasteiger charge is -2.33. The quantitative estimate of drug-likeness (QED) is 0.128. The highest BCUT2D eigenvalue weighted by Gasteiger charge is 2.43. The Balaban J connectivity index is 0.669. The summed E-state index contributed by atoms with van der Waals surface area (Å²) < 4.78 is 24.9. The molecular weight excluding hydrogens is 1060 g/mol. The molecule has 4 aliphatic heterocycles. The van der Waals surface area contributed by atoms with Gasteiger partial charge in [0.05, 0.1) is 29.5 Å². The Hall–Kier alpha value is -9.36. The Bertz CT molecular complexity index is 4820. The van der Waals surface area contributed by atoms with Gasteiger partial charge in [0, 0.05) is 99.1 Å². The fourth-order valence-electron chi connectivity index (χ4n) is 16.2. The molecule has 5 aliphatic rings. The SMILES string of the molecule is CCCCC1(CCCC)c2cc(-c3ccc4n3CCCc3ccnn3-4)ccc2-c2ccc(-c3ccc4n3CCCc3cc(C5CCc6cnn(-c7ccc8oc9ccc(-n%10ncc%11c%10-n%10cccc%10CCC%11)cc9c8c7)c6-n6cccc65)nn3-4)cc21. The van der Waals surface area contributed by atoms with Crippen molar-refractivity contribution in [3.05, 3.63) is 215 Å². The van der Waals surface area contributed by atoms with Gasteiger partial charge in [-0.25, -0.2) is 18.7 Å². The molecule has 0 saturated carbocycles. The minimum absolute atomic E-state index is 0.0681. The van der Waals surface area contributed by atoms with Crippen molar-refractivity contribution in [2.75, 3.05) is 0 Å². The van der Waals surface area contributed by atoms with Crippen LogP contribution in [0.4, 0.5) is 0 Å². The second kappa shape index (κ2) is 19.3. The Morgan fingerprint density at radius 1 is 0.523 bits per heavy atom. The first-order valence-corrected chi connectivity index (χ1v) is 31.8. The molecule has 0 N–H and O–H groups in total. The topological polar surface area (TPSA) is 104 Å². The predicted octanol–water partition coefficient (Wildman–Crippen LogP) is 16.0. The molecule has 426 valence electrons. The molecule has 13 heterocycles. The van der Waals surface area contributed by atoms with Gasteiger partial charge in [0.25, 0.3) is 0 Å². The Labute approximate surface area is 499 Å². The first-order chi connectivity index (χ1) is 42.5. The standard InChI is InChI=1S/C73H68N12O/c1-3-5-33-73(34-6-4-2)61-40-47(64-26-30-69-79(64)37-9-15-52-32-35-74-82(52)69)18-23-56(61)57-24-19-48(41-62(57)73)65-27-31-70-80(65)38-10-16-53-44-63(77-83(53)70)58-25-20-50-46-76-85(72(50)81-39-11-17-66(58)81)55-22-29-68-60(43-55)59-42-54(21-28-67(59)86-68)84-71-49(45-75-84)12-7-13-51-14-8-36-78(51)71/h8,11,14,17-19,21-24,26-32,35-36,39-46,58H,3-7,9-10,12-13,15-16,20,25,33-34,37-38H2,1-2H3. The molecule has 1 aliphatic carbocycles. The number of hydrogen-bond acceptors (Lipinski definition) is 5. The van der Waals surface area contributed by atoms with Crippen LogP contribution in [-0.2, 0) is 50.6 Å². The number of fused-ring (bicyclic) bond motifs is 18. The van der Waals surface area contributed by atoms with Crippen LogP contribution in [0.1, 0.15) is 135 Å². The molecule has 4 aromatic carbocycles. The number of benzene rings is 4. The van der Waals surface area contributed by atoms with E-state index in [1.807, 2.05) is 12.4 Å². The van der Waals surface area contributed by atoms with Crippen molar-refractivity contribution in [3.8, 4) is 68.3 Å². The van der Waals surface area contributed by atoms with Gasteiger partial charge in [-0.15, -0.1) is 0 Å². The molecule has 0 bridgehead atoms. The van der Waals surface area contributed by atoms with E-state index in [2.05, 4.69) is 203 Å². The van der Waals surface area contributed by atoms with Crippen molar-refractivity contribution in [2.45, 2.75) is 135 Å². The molecule has 13 aromatic rings. The third kappa shape index (κ3) is 7.41. The van der Waals surface area contributed by atoms with E-state index in [0.29, 0.717) is 0 Å². The highest BCUT2D eigenvalue weighted by molar-refractivity contribution is 6.06. The van der Waals surface area contributed by atoms with Gasteiger partial charge < -0.3 is 22.7 Å². The summed E-state index contributed by atoms with van der Waals surface area (Å²) in [5, 5.41) is 22.6. The third-order valence-electron chi connectivity index (χ3n) is 20.3. The number of hydrogen-bond donors (Lipinski definition) is 0. The number of unbranched alkanes of at least 4 members (excludes halogenated alkanes) is 2. The van der Waals surface area contributed by atoms with Gasteiger partial charge in [-0.2, -0.15) is 20.4 Å². The van der Waals surface area contributed by atoms with E-state index < -0.39 is 0 Å². The summed E-state index contributed by atoms with van der Waals surface area (Å²) in [6.45, 7) is 6.64. The Morgan fingerprint density at radius 3 is 1.83 bits per heavy atom. The number of furan rings is 1. The lowest BCUT2D eigenvalue weighted by molar-refractivity contribution is 0.414. The van der Waals surface area contributed by atoms with Gasteiger partial charge in [-0.3, -0.25) is 0 Å². The molecular formula is C73H68N12O. The zero-order valence-electron chi connectivity index (χ0n) is 49.0. The van der Waals surface area contributed by atoms with Crippen LogP contribution in [0.15, 0.2) is 169 Å². The predicted molar refractivity (Wildman–Crippen MR) is 338 cm³/mol. The lowest BCUT2D eigenvalue weighted by atomic mass is 9.70. The van der Waals surface area contributed by atoms with Crippen LogP contribution in [0.3, 0.4) is 0 Å². The second-order valence-corrected chi connectivity index (χ2v) is 25.1. The van der Waals surface area contributed by atoms with Crippen LogP contribution in [-0.4, -0.2) is 57.4 Å². The van der Waals surface area contributed by atoms with Crippen LogP contribution in [0, 0.1) is 0 Å². The smallest absolute Gasteiger partial charge is 0.143 e. The van der Waals surface area contributed by atoms with E-state index in [-0.39, 0.29) is 11.3 Å². The number of aromatic nitrogens is 12. The van der Waals surface area contributed by atoms with Gasteiger partial charge in [0.2, 0.25) is 0 Å². The summed E-state index contributed by atoms with van der Waals surface area (Å²) >= 11 is 0. The van der Waals surface area contributed by atoms with Crippen molar-refractivity contribution in [1.82, 2.24) is 57.4 Å². The van der Waals surface area contributed by atoms with E-state index in [0.717, 1.165) is 140 Å². The highest BCUT2D eigenvalue weighted by atomic mass is 16.3. The minimum atomic E-state index is -0.0681. The highest BCUT2D eigenvalue weighted by Crippen LogP contribution is 2.56. The molecule has 1 atom stereocenters. The molecule has 0 amide bonds. The van der Waals surface area contributed by atoms with Crippen molar-refractivity contribution in [2.24, 2.45) is 0 Å². The summed E-state index contributed by atoms with van der Waals surface area (Å²) in [5.41, 5.74) is 23.4. The van der Waals surface area contributed by atoms with E-state index >= 15 is 0 Å². The van der Waals surface area contributed by atoms with Gasteiger partial charge in [-0.1, -0.05) is 63.8 Å². The lowest BCUT2D eigenvalue weighted by Crippen LogP contribution is -2.25. The fourth-order valence-corrected chi connectivity index (χ4v) is 16.2. The molecule has 0 radical (unpaired) electrons. The van der Waals surface area contributed by atoms with E-state index in [1.54, 1.807) is 0 Å². The maximum absolute atomic E-state index is 6.51. The summed E-state index contributed by atoms with van der Waals surface area (Å²) in [4.78, 5) is 0. The second-order valence-electron chi connectivity index (χ2n) is 25.1. The molecule has 13 nitrogen and oxygen atoms in total. The molecule has 86 heavy (non-hydrogen) atoms. The molecule has 0 fully saturated rings. The van der Waals surface area contributed by atoms with Crippen molar-refractivity contribution >= 4 is 21.9 Å². The normalized spacial score (nSPS) is 16.2. The zero-order valence-corrected chi connectivity index (χ0v) is 49.0. The van der Waals surface area contributed by atoms with Crippen molar-refractivity contribution < 1.29 is 4.42 Å². The number of nitrogens with zero attached hydrogens (tertiary/aromatic N) is 12. The fraction of sp³-hybridized carbons (Fsp3) is 0.288. The minimum Gasteiger partial charge on any atom is -0.456 e. The molecule has 18 rings (SSSR count). The molecule has 9 aromatic heterocycles. The van der Waals surface area contributed by atoms with Gasteiger partial charge in [0.1, 0.15) is 34.4 Å². The van der Waals surface area contributed by atoms with Gasteiger partial charge in [-0.05, 0) is 213 Å². The Kier molecular flexibility index (Phi) is 11.2. The van der Waals surface area contributed by atoms with Gasteiger partial charge >= 0.3 is 0 Å². The van der Waals surface area contributed by atoms with Gasteiger partial charge in [0.15, 0.2) is 0 Å². The summed E-state index contributed by atoms with van der Waals surface area (Å²) in [6, 6.07) is 50.5. The third-order valence-corrected chi connectivity index (χ3v) is 20.3. The summed E-state index contributed by atoms with van der Waals surface area (Å²) in [7, 11) is 0. The maximum atomic E-state index is 6.51. The van der Waals surface area contributed by atoms with Crippen molar-refractivity contribution in [1.29, 1.82) is 0 Å². The molecule has 0 saturated heterocycles. The van der Waals surface area contributed by atoms with E-state index in [1.165, 1.54) is 110 Å². The average molecular weight is 1130 g/mol. The van der Waals surface area contributed by atoms with Crippen LogP contribution in [0.5, 0.6) is 0 Å². The van der Waals surface area contributed by atoms with Crippen LogP contribution >= 0.6 is 0 Å². The Morgan fingerprint density at radius 2 is 1.14 bits per heavy atom. The zero-order chi connectivity index (χ0) is 56.8. The summed E-state index contributed by atoms with van der Waals surface area (Å²) in [6.07, 6.45) is 26.6. The number of rotatable bonds is 11. The first-order valence-electron chi connectivity index (χ1n) is 31.8. The van der Waals surface area contributed by atoms with Crippen LogP contribution in [0.25, 0.3) is 90.2 Å². The van der Waals surface area contributed by atoms with Crippen molar-refractivity contribution in [3.63, 3.8) is 0 Å².